The summed E-state index contributed by atoms with van der Waals surface area (Å²) in [6, 6.07) is 4.29. The minimum Gasteiger partial charge on any atom is -0.495 e. The molecule has 0 unspecified atom stereocenters. The highest BCUT2D eigenvalue weighted by atomic mass is 32.2. The van der Waals surface area contributed by atoms with E-state index in [0.29, 0.717) is 12.2 Å². The van der Waals surface area contributed by atoms with Crippen LogP contribution in [0.15, 0.2) is 23.1 Å². The smallest absolute Gasteiger partial charge is 0.305 e. The van der Waals surface area contributed by atoms with Crippen molar-refractivity contribution in [3.8, 4) is 5.75 Å². The summed E-state index contributed by atoms with van der Waals surface area (Å²) < 4.78 is 35.4. The zero-order chi connectivity index (χ0) is 16.0. The second-order valence-corrected chi connectivity index (χ2v) is 6.45. The molecule has 1 aromatic rings. The second kappa shape index (κ2) is 7.28. The quantitative estimate of drug-likeness (QED) is 0.591. The standard InChI is InChI=1S/C13H20N2O5S/c1-15(8-4-5-13(16)20-3)21(17,18)10-6-7-12(19-2)11(14)9-10/h6-7,9H,4-5,8,14H2,1-3H3. The molecule has 0 aromatic heterocycles. The van der Waals surface area contributed by atoms with E-state index >= 15 is 0 Å². The van der Waals surface area contributed by atoms with Gasteiger partial charge in [-0.15, -0.1) is 0 Å². The van der Waals surface area contributed by atoms with Gasteiger partial charge in [-0.1, -0.05) is 0 Å². The molecular formula is C13H20N2O5S. The molecule has 0 aliphatic heterocycles. The predicted octanol–water partition coefficient (Wildman–Crippen LogP) is 0.851. The molecule has 8 heteroatoms. The number of carbonyl (C=O) groups is 1. The van der Waals surface area contributed by atoms with E-state index in [1.54, 1.807) is 0 Å². The number of nitrogen functional groups attached to an aromatic ring is 1. The monoisotopic (exact) mass is 316 g/mol. The largest absolute Gasteiger partial charge is 0.495 e. The number of methoxy groups -OCH3 is 2. The van der Waals surface area contributed by atoms with E-state index < -0.39 is 10.0 Å². The first kappa shape index (κ1) is 17.3. The van der Waals surface area contributed by atoms with Crippen molar-refractivity contribution >= 4 is 21.7 Å². The third kappa shape index (κ3) is 4.33. The number of esters is 1. The number of carbonyl (C=O) groups excluding carboxylic acids is 1. The first-order chi connectivity index (χ1) is 9.82. The van der Waals surface area contributed by atoms with Crippen molar-refractivity contribution in [3.63, 3.8) is 0 Å². The molecule has 1 rings (SSSR count). The molecule has 7 nitrogen and oxygen atoms in total. The molecule has 0 spiro atoms. The van der Waals surface area contributed by atoms with E-state index in [4.69, 9.17) is 10.5 Å². The number of nitrogens with two attached hydrogens (primary N) is 1. The van der Waals surface area contributed by atoms with Gasteiger partial charge in [-0.05, 0) is 24.6 Å². The fraction of sp³-hybridized carbons (Fsp3) is 0.462. The summed E-state index contributed by atoms with van der Waals surface area (Å²) >= 11 is 0. The van der Waals surface area contributed by atoms with Crippen LogP contribution in [0.25, 0.3) is 0 Å². The molecule has 0 fully saturated rings. The van der Waals surface area contributed by atoms with Gasteiger partial charge in [-0.2, -0.15) is 0 Å². The molecule has 0 amide bonds. The highest BCUT2D eigenvalue weighted by Crippen LogP contribution is 2.25. The number of hydrogen-bond acceptors (Lipinski definition) is 6. The molecule has 0 aliphatic carbocycles. The molecule has 0 bridgehead atoms. The van der Waals surface area contributed by atoms with Gasteiger partial charge in [0.25, 0.3) is 0 Å². The van der Waals surface area contributed by atoms with Crippen LogP contribution in [0, 0.1) is 0 Å². The van der Waals surface area contributed by atoms with Crippen molar-refractivity contribution in [1.29, 1.82) is 0 Å². The lowest BCUT2D eigenvalue weighted by atomic mass is 10.3. The summed E-state index contributed by atoms with van der Waals surface area (Å²) in [5, 5.41) is 0. The van der Waals surface area contributed by atoms with E-state index in [-0.39, 0.29) is 29.5 Å². The Hall–Kier alpha value is -1.80. The van der Waals surface area contributed by atoms with Gasteiger partial charge in [0.2, 0.25) is 10.0 Å². The zero-order valence-electron chi connectivity index (χ0n) is 12.3. The minimum atomic E-state index is -3.65. The Morgan fingerprint density at radius 2 is 2.00 bits per heavy atom. The highest BCUT2D eigenvalue weighted by molar-refractivity contribution is 7.89. The summed E-state index contributed by atoms with van der Waals surface area (Å²) in [4.78, 5) is 11.1. The van der Waals surface area contributed by atoms with Gasteiger partial charge in [0, 0.05) is 20.0 Å². The van der Waals surface area contributed by atoms with Crippen LogP contribution < -0.4 is 10.5 Å². The molecule has 1 aromatic carbocycles. The zero-order valence-corrected chi connectivity index (χ0v) is 13.1. The summed E-state index contributed by atoms with van der Waals surface area (Å²) in [6.45, 7) is 0.212. The van der Waals surface area contributed by atoms with Crippen LogP contribution in [0.3, 0.4) is 0 Å². The van der Waals surface area contributed by atoms with E-state index in [1.807, 2.05) is 0 Å². The van der Waals surface area contributed by atoms with E-state index in [1.165, 1.54) is 43.8 Å². The number of anilines is 1. The van der Waals surface area contributed by atoms with Gasteiger partial charge < -0.3 is 15.2 Å². The minimum absolute atomic E-state index is 0.0846. The molecule has 118 valence electrons. The maximum atomic E-state index is 12.3. The lowest BCUT2D eigenvalue weighted by molar-refractivity contribution is -0.140. The molecule has 0 aliphatic rings. The number of ether oxygens (including phenoxy) is 2. The molecule has 0 saturated heterocycles. The lowest BCUT2D eigenvalue weighted by Crippen LogP contribution is -2.28. The Balaban J connectivity index is 2.80. The van der Waals surface area contributed by atoms with E-state index in [0.717, 1.165) is 0 Å². The topological polar surface area (TPSA) is 98.9 Å². The summed E-state index contributed by atoms with van der Waals surface area (Å²) in [5.41, 5.74) is 5.97. The molecule has 0 radical (unpaired) electrons. The van der Waals surface area contributed by atoms with E-state index in [9.17, 15) is 13.2 Å². The first-order valence-corrected chi connectivity index (χ1v) is 7.73. The number of nitrogens with zero attached hydrogens (tertiary/aromatic N) is 1. The Labute approximate surface area is 124 Å². The van der Waals surface area contributed by atoms with Crippen LogP contribution in [0.2, 0.25) is 0 Å². The van der Waals surface area contributed by atoms with Gasteiger partial charge in [0.05, 0.1) is 24.8 Å². The third-order valence-electron chi connectivity index (χ3n) is 2.99. The number of benzene rings is 1. The number of sulfonamides is 1. The van der Waals surface area contributed by atoms with Gasteiger partial charge in [-0.3, -0.25) is 4.79 Å². The van der Waals surface area contributed by atoms with Crippen molar-refractivity contribution in [3.05, 3.63) is 18.2 Å². The lowest BCUT2D eigenvalue weighted by Gasteiger charge is -2.17. The molecule has 2 N–H and O–H groups in total. The molecule has 0 saturated carbocycles. The number of rotatable bonds is 7. The van der Waals surface area contributed by atoms with Crippen molar-refractivity contribution in [2.24, 2.45) is 0 Å². The predicted molar refractivity (Wildman–Crippen MR) is 78.5 cm³/mol. The van der Waals surface area contributed by atoms with Crippen LogP contribution >= 0.6 is 0 Å². The van der Waals surface area contributed by atoms with Crippen LogP contribution in [0.1, 0.15) is 12.8 Å². The Morgan fingerprint density at radius 3 is 2.52 bits per heavy atom. The maximum Gasteiger partial charge on any atom is 0.305 e. The SMILES string of the molecule is COC(=O)CCCN(C)S(=O)(=O)c1ccc(OC)c(N)c1. The van der Waals surface area contributed by atoms with Crippen molar-refractivity contribution in [1.82, 2.24) is 4.31 Å². The van der Waals surface area contributed by atoms with Crippen molar-refractivity contribution in [2.45, 2.75) is 17.7 Å². The van der Waals surface area contributed by atoms with Gasteiger partial charge >= 0.3 is 5.97 Å². The Bertz CT molecular complexity index is 601. The summed E-state index contributed by atoms with van der Waals surface area (Å²) in [7, 11) is 0.558. The molecule has 21 heavy (non-hydrogen) atoms. The fourth-order valence-electron chi connectivity index (χ4n) is 1.72. The molecule has 0 atom stereocenters. The summed E-state index contributed by atoms with van der Waals surface area (Å²) in [5.74, 6) is 0.0526. The Kier molecular flexibility index (Phi) is 5.98. The normalized spacial score (nSPS) is 11.4. The molecular weight excluding hydrogens is 296 g/mol. The van der Waals surface area contributed by atoms with Crippen LogP contribution in [0.5, 0.6) is 5.75 Å². The second-order valence-electron chi connectivity index (χ2n) is 4.41. The van der Waals surface area contributed by atoms with Crippen LogP contribution in [-0.4, -0.2) is 46.5 Å². The molecule has 0 heterocycles. The fourth-order valence-corrected chi connectivity index (χ4v) is 2.97. The first-order valence-electron chi connectivity index (χ1n) is 6.29. The average molecular weight is 316 g/mol. The Morgan fingerprint density at radius 1 is 1.33 bits per heavy atom. The average Bonchev–Trinajstić information content (AvgIpc) is 2.46. The van der Waals surface area contributed by atoms with Crippen LogP contribution in [0.4, 0.5) is 5.69 Å². The number of hydrogen-bond donors (Lipinski definition) is 1. The maximum absolute atomic E-state index is 12.3. The van der Waals surface area contributed by atoms with Gasteiger partial charge in [-0.25, -0.2) is 12.7 Å². The van der Waals surface area contributed by atoms with Crippen molar-refractivity contribution < 1.29 is 22.7 Å². The van der Waals surface area contributed by atoms with E-state index in [2.05, 4.69) is 4.74 Å². The third-order valence-corrected chi connectivity index (χ3v) is 4.84. The van der Waals surface area contributed by atoms with Gasteiger partial charge in [0.15, 0.2) is 0 Å². The van der Waals surface area contributed by atoms with Crippen LogP contribution in [-0.2, 0) is 19.6 Å². The van der Waals surface area contributed by atoms with Gasteiger partial charge in [0.1, 0.15) is 5.75 Å². The van der Waals surface area contributed by atoms with Crippen molar-refractivity contribution in [2.75, 3.05) is 33.5 Å². The summed E-state index contributed by atoms with van der Waals surface area (Å²) in [6.07, 6.45) is 0.551. The highest BCUT2D eigenvalue weighted by Gasteiger charge is 2.21.